The van der Waals surface area contributed by atoms with Crippen LogP contribution in [0.5, 0.6) is 0 Å². The molecule has 2 aliphatic heterocycles. The van der Waals surface area contributed by atoms with Crippen molar-refractivity contribution < 1.29 is 14.2 Å². The fraction of sp³-hybridized carbons (Fsp3) is 1.00. The minimum Gasteiger partial charge on any atom is -0.344 e. The Morgan fingerprint density at radius 2 is 2.12 bits per heavy atom. The van der Waals surface area contributed by atoms with Crippen molar-refractivity contribution in [2.75, 3.05) is 6.61 Å². The van der Waals surface area contributed by atoms with Gasteiger partial charge < -0.3 is 14.2 Å². The number of ether oxygens (including phenoxy) is 3. The molecule has 2 fully saturated rings. The van der Waals surface area contributed by atoms with E-state index in [-0.39, 0.29) is 18.1 Å². The first-order chi connectivity index (χ1) is 3.86. The fourth-order valence-corrected chi connectivity index (χ4v) is 0.830. The maximum Gasteiger partial charge on any atom is 0.213 e. The third kappa shape index (κ3) is 0.717. The predicted octanol–water partition coefficient (Wildman–Crippen LogP) is 0.280. The number of hydrogen-bond donors (Lipinski definition) is 0. The van der Waals surface area contributed by atoms with Crippen LogP contribution in [0.2, 0.25) is 0 Å². The van der Waals surface area contributed by atoms with Crippen molar-refractivity contribution in [2.45, 2.75) is 18.1 Å². The summed E-state index contributed by atoms with van der Waals surface area (Å²) < 4.78 is 14.8. The van der Waals surface area contributed by atoms with Gasteiger partial charge in [-0.1, -0.05) is 11.6 Å². The molecule has 0 aromatic carbocycles. The first-order valence-corrected chi connectivity index (χ1v) is 2.86. The van der Waals surface area contributed by atoms with Gasteiger partial charge >= 0.3 is 0 Å². The highest BCUT2D eigenvalue weighted by Crippen LogP contribution is 2.31. The van der Waals surface area contributed by atoms with E-state index in [1.54, 1.807) is 0 Å². The van der Waals surface area contributed by atoms with E-state index in [4.69, 9.17) is 25.8 Å². The molecule has 8 heavy (non-hydrogen) atoms. The molecule has 0 aromatic rings. The number of halogens is 1. The number of hydrogen-bond acceptors (Lipinski definition) is 3. The Morgan fingerprint density at radius 3 is 2.75 bits per heavy atom. The lowest BCUT2D eigenvalue weighted by atomic mass is 10.6. The smallest absolute Gasteiger partial charge is 0.213 e. The van der Waals surface area contributed by atoms with Gasteiger partial charge in [-0.2, -0.15) is 0 Å². The molecule has 46 valence electrons. The zero-order valence-electron chi connectivity index (χ0n) is 4.04. The second-order valence-electron chi connectivity index (χ2n) is 1.75. The van der Waals surface area contributed by atoms with Crippen LogP contribution in [0.15, 0.2) is 0 Å². The van der Waals surface area contributed by atoms with Crippen molar-refractivity contribution >= 4 is 11.6 Å². The van der Waals surface area contributed by atoms with Gasteiger partial charge in [-0.05, 0) is 0 Å². The summed E-state index contributed by atoms with van der Waals surface area (Å²) >= 11 is 5.51. The molecule has 3 unspecified atom stereocenters. The molecule has 3 atom stereocenters. The SMILES string of the molecule is ClC1COC2OC2O1. The molecule has 4 heteroatoms. The van der Waals surface area contributed by atoms with Crippen LogP contribution in [0.1, 0.15) is 0 Å². The molecular formula is C4H5ClO3. The summed E-state index contributed by atoms with van der Waals surface area (Å²) in [5.74, 6) is 0. The first kappa shape index (κ1) is 4.99. The van der Waals surface area contributed by atoms with Crippen LogP contribution in [0.25, 0.3) is 0 Å². The summed E-state index contributed by atoms with van der Waals surface area (Å²) in [6, 6.07) is 0. The van der Waals surface area contributed by atoms with Crippen molar-refractivity contribution in [1.29, 1.82) is 0 Å². The molecular weight excluding hydrogens is 131 g/mol. The molecule has 0 aliphatic carbocycles. The molecule has 3 nitrogen and oxygen atoms in total. The minimum absolute atomic E-state index is 0.120. The largest absolute Gasteiger partial charge is 0.344 e. The molecule has 2 rings (SSSR count). The van der Waals surface area contributed by atoms with Crippen LogP contribution in [0.3, 0.4) is 0 Å². The molecule has 2 heterocycles. The molecule has 0 radical (unpaired) electrons. The van der Waals surface area contributed by atoms with Crippen LogP contribution in [-0.4, -0.2) is 24.8 Å². The van der Waals surface area contributed by atoms with E-state index >= 15 is 0 Å². The van der Waals surface area contributed by atoms with Gasteiger partial charge in [0.2, 0.25) is 12.6 Å². The summed E-state index contributed by atoms with van der Waals surface area (Å²) in [4.78, 5) is 0. The van der Waals surface area contributed by atoms with Gasteiger partial charge in [-0.25, -0.2) is 0 Å². The summed E-state index contributed by atoms with van der Waals surface area (Å²) in [7, 11) is 0. The van der Waals surface area contributed by atoms with Crippen LogP contribution in [0, 0.1) is 0 Å². The summed E-state index contributed by atoms with van der Waals surface area (Å²) in [6.07, 6.45) is -0.295. The van der Waals surface area contributed by atoms with Gasteiger partial charge in [0.05, 0.1) is 6.61 Å². The molecule has 0 saturated carbocycles. The normalized spacial score (nSPS) is 52.9. The Hall–Kier alpha value is 0.170. The maximum atomic E-state index is 5.51. The topological polar surface area (TPSA) is 31.0 Å². The van der Waals surface area contributed by atoms with E-state index in [0.29, 0.717) is 6.61 Å². The average molecular weight is 137 g/mol. The minimum atomic E-state index is -0.321. The van der Waals surface area contributed by atoms with Crippen LogP contribution in [-0.2, 0) is 14.2 Å². The second kappa shape index (κ2) is 1.57. The predicted molar refractivity (Wildman–Crippen MR) is 25.3 cm³/mol. The van der Waals surface area contributed by atoms with Gasteiger partial charge in [0.15, 0.2) is 5.56 Å². The van der Waals surface area contributed by atoms with Crippen LogP contribution in [0.4, 0.5) is 0 Å². The maximum absolute atomic E-state index is 5.51. The monoisotopic (exact) mass is 136 g/mol. The molecule has 2 aliphatic rings. The van der Waals surface area contributed by atoms with Crippen molar-refractivity contribution in [2.24, 2.45) is 0 Å². The van der Waals surface area contributed by atoms with E-state index in [1.807, 2.05) is 0 Å². The van der Waals surface area contributed by atoms with Crippen LogP contribution >= 0.6 is 11.6 Å². The third-order valence-electron chi connectivity index (χ3n) is 1.09. The van der Waals surface area contributed by atoms with Crippen molar-refractivity contribution in [1.82, 2.24) is 0 Å². The van der Waals surface area contributed by atoms with Gasteiger partial charge in [-0.3, -0.25) is 0 Å². The van der Waals surface area contributed by atoms with E-state index in [2.05, 4.69) is 0 Å². The lowest BCUT2D eigenvalue weighted by Crippen LogP contribution is -2.23. The Morgan fingerprint density at radius 1 is 1.25 bits per heavy atom. The van der Waals surface area contributed by atoms with Crippen molar-refractivity contribution in [3.8, 4) is 0 Å². The summed E-state index contributed by atoms with van der Waals surface area (Å²) in [5.41, 5.74) is -0.321. The van der Waals surface area contributed by atoms with Crippen molar-refractivity contribution in [3.63, 3.8) is 0 Å². The van der Waals surface area contributed by atoms with Gasteiger partial charge in [-0.15, -0.1) is 0 Å². The molecule has 0 amide bonds. The quantitative estimate of drug-likeness (QED) is 0.354. The number of fused-ring (bicyclic) bond motifs is 1. The Labute approximate surface area is 51.5 Å². The number of rotatable bonds is 0. The molecule has 0 N–H and O–H groups in total. The zero-order valence-corrected chi connectivity index (χ0v) is 4.80. The van der Waals surface area contributed by atoms with Crippen molar-refractivity contribution in [3.05, 3.63) is 0 Å². The lowest BCUT2D eigenvalue weighted by Gasteiger charge is -2.11. The molecule has 0 aromatic heterocycles. The highest BCUT2D eigenvalue weighted by Gasteiger charge is 2.46. The Bertz CT molecular complexity index is 107. The highest BCUT2D eigenvalue weighted by molar-refractivity contribution is 6.19. The molecule has 2 saturated heterocycles. The van der Waals surface area contributed by atoms with E-state index < -0.39 is 0 Å². The third-order valence-corrected chi connectivity index (χ3v) is 1.32. The first-order valence-electron chi connectivity index (χ1n) is 2.43. The van der Waals surface area contributed by atoms with E-state index in [0.717, 1.165) is 0 Å². The Kier molecular flexibility index (Phi) is 0.983. The molecule has 0 bridgehead atoms. The van der Waals surface area contributed by atoms with Gasteiger partial charge in [0.1, 0.15) is 0 Å². The number of epoxide rings is 1. The number of alkyl halides is 1. The van der Waals surface area contributed by atoms with E-state index in [9.17, 15) is 0 Å². The summed E-state index contributed by atoms with van der Waals surface area (Å²) in [5, 5.41) is 0. The van der Waals surface area contributed by atoms with Gasteiger partial charge in [0.25, 0.3) is 0 Å². The van der Waals surface area contributed by atoms with E-state index in [1.165, 1.54) is 0 Å². The standard InChI is InChI=1S/C4H5ClO3/c5-2-1-6-3-4(7-2)8-3/h2-4H,1H2. The van der Waals surface area contributed by atoms with Gasteiger partial charge in [0, 0.05) is 0 Å². The second-order valence-corrected chi connectivity index (χ2v) is 2.24. The zero-order chi connectivity index (χ0) is 5.56. The summed E-state index contributed by atoms with van der Waals surface area (Å²) in [6.45, 7) is 0.433. The molecule has 0 spiro atoms. The fourth-order valence-electron chi connectivity index (χ4n) is 0.656. The van der Waals surface area contributed by atoms with Crippen LogP contribution < -0.4 is 0 Å². The lowest BCUT2D eigenvalue weighted by molar-refractivity contribution is -0.0574. The highest BCUT2D eigenvalue weighted by atomic mass is 35.5. The average Bonchev–Trinajstić information content (AvgIpc) is 2.43. The Balaban J connectivity index is 1.93.